The van der Waals surface area contributed by atoms with Gasteiger partial charge in [0, 0.05) is 0 Å². The first kappa shape index (κ1) is 16.6. The monoisotopic (exact) mass is 241 g/mol. The molecule has 1 N–H and O–H groups in total. The Hall–Kier alpha value is 0.210. The van der Waals surface area contributed by atoms with Crippen molar-refractivity contribution < 1.29 is 4.79 Å². The second kappa shape index (κ2) is 8.51. The molecule has 0 aromatic carbocycles. The molecule has 0 fully saturated rings. The van der Waals surface area contributed by atoms with E-state index < -0.39 is 5.54 Å². The van der Waals surface area contributed by atoms with Gasteiger partial charge < -0.3 is 5.32 Å². The molecular weight excluding hydrogens is 221 g/mol. The quantitative estimate of drug-likeness (QED) is 0.695. The highest BCUT2D eigenvalue weighted by Gasteiger charge is 2.29. The summed E-state index contributed by atoms with van der Waals surface area (Å²) in [6.07, 6.45) is 3.05. The third-order valence-electron chi connectivity index (χ3n) is 2.33. The fourth-order valence-corrected chi connectivity index (χ4v) is 1.69. The number of likely N-dealkylation sites (N-methyl/N-ethyl adjacent to an activating group) is 1. The Balaban J connectivity index is 0. The number of ketones is 1. The Bertz CT molecular complexity index is 164. The van der Waals surface area contributed by atoms with Crippen molar-refractivity contribution in [3.63, 3.8) is 0 Å². The van der Waals surface area contributed by atoms with E-state index in [4.69, 9.17) is 11.6 Å². The molecule has 0 aromatic rings. The van der Waals surface area contributed by atoms with Crippen LogP contribution in [0.4, 0.5) is 0 Å². The number of nitrogens with one attached hydrogen (secondary N) is 1. The van der Waals surface area contributed by atoms with E-state index in [0.717, 1.165) is 25.8 Å². The van der Waals surface area contributed by atoms with Gasteiger partial charge in [-0.3, -0.25) is 4.79 Å². The van der Waals surface area contributed by atoms with Crippen LogP contribution >= 0.6 is 24.0 Å². The molecule has 1 unspecified atom stereocenters. The number of halogens is 2. The summed E-state index contributed by atoms with van der Waals surface area (Å²) in [6, 6.07) is 0. The lowest BCUT2D eigenvalue weighted by atomic mass is 9.91. The van der Waals surface area contributed by atoms with Gasteiger partial charge in [0.15, 0.2) is 5.78 Å². The van der Waals surface area contributed by atoms with Crippen LogP contribution in [0.15, 0.2) is 0 Å². The largest absolute Gasteiger partial charge is 0.305 e. The topological polar surface area (TPSA) is 29.1 Å². The van der Waals surface area contributed by atoms with Crippen molar-refractivity contribution in [1.29, 1.82) is 0 Å². The van der Waals surface area contributed by atoms with E-state index >= 15 is 0 Å². The minimum Gasteiger partial charge on any atom is -0.305 e. The summed E-state index contributed by atoms with van der Waals surface area (Å²) in [4.78, 5) is 11.5. The SMILES string of the molecule is CCCCC(C)(NCC)C(=O)CCl.Cl. The summed E-state index contributed by atoms with van der Waals surface area (Å²) < 4.78 is 0. The predicted octanol–water partition coefficient (Wildman–Crippen LogP) is 2.77. The van der Waals surface area contributed by atoms with E-state index in [1.165, 1.54) is 0 Å². The number of hydrogen-bond donors (Lipinski definition) is 1. The Morgan fingerprint density at radius 1 is 1.43 bits per heavy atom. The normalized spacial score (nSPS) is 14.3. The maximum Gasteiger partial charge on any atom is 0.167 e. The van der Waals surface area contributed by atoms with Crippen molar-refractivity contribution in [2.45, 2.75) is 45.6 Å². The molecule has 0 spiro atoms. The van der Waals surface area contributed by atoms with Gasteiger partial charge in [-0.1, -0.05) is 26.7 Å². The first-order valence-electron chi connectivity index (χ1n) is 4.95. The van der Waals surface area contributed by atoms with Gasteiger partial charge >= 0.3 is 0 Å². The molecule has 14 heavy (non-hydrogen) atoms. The first-order chi connectivity index (χ1) is 6.10. The standard InChI is InChI=1S/C10H20ClNO.ClH/c1-4-6-7-10(3,12-5-2)9(13)8-11;/h12H,4-8H2,1-3H3;1H. The van der Waals surface area contributed by atoms with Crippen molar-refractivity contribution in [1.82, 2.24) is 5.32 Å². The molecule has 0 aliphatic carbocycles. The molecule has 86 valence electrons. The molecule has 2 nitrogen and oxygen atoms in total. The van der Waals surface area contributed by atoms with Gasteiger partial charge in [-0.05, 0) is 19.9 Å². The molecule has 0 aromatic heterocycles. The number of hydrogen-bond acceptors (Lipinski definition) is 2. The molecule has 4 heteroatoms. The third-order valence-corrected chi connectivity index (χ3v) is 2.58. The van der Waals surface area contributed by atoms with Gasteiger partial charge in [-0.25, -0.2) is 0 Å². The Labute approximate surface area is 98.2 Å². The zero-order valence-corrected chi connectivity index (χ0v) is 10.8. The van der Waals surface area contributed by atoms with Gasteiger partial charge in [-0.15, -0.1) is 24.0 Å². The van der Waals surface area contributed by atoms with Gasteiger partial charge in [0.2, 0.25) is 0 Å². The zero-order chi connectivity index (χ0) is 10.3. The second-order valence-electron chi connectivity index (χ2n) is 3.52. The van der Waals surface area contributed by atoms with E-state index in [9.17, 15) is 4.79 Å². The summed E-state index contributed by atoms with van der Waals surface area (Å²) in [6.45, 7) is 6.88. The van der Waals surface area contributed by atoms with E-state index in [0.29, 0.717) is 0 Å². The highest BCUT2D eigenvalue weighted by atomic mass is 35.5. The summed E-state index contributed by atoms with van der Waals surface area (Å²) in [5, 5.41) is 3.21. The molecule has 0 amide bonds. The average Bonchev–Trinajstić information content (AvgIpc) is 2.14. The minimum absolute atomic E-state index is 0. The van der Waals surface area contributed by atoms with Crippen LogP contribution in [0.25, 0.3) is 0 Å². The minimum atomic E-state index is -0.410. The zero-order valence-electron chi connectivity index (χ0n) is 9.23. The highest BCUT2D eigenvalue weighted by molar-refractivity contribution is 6.28. The van der Waals surface area contributed by atoms with Gasteiger partial charge in [0.05, 0.1) is 11.4 Å². The highest BCUT2D eigenvalue weighted by Crippen LogP contribution is 2.15. The molecule has 1 atom stereocenters. The molecular formula is C10H21Cl2NO. The number of alkyl halides is 1. The van der Waals surface area contributed by atoms with E-state index in [1.807, 2.05) is 13.8 Å². The lowest BCUT2D eigenvalue weighted by Gasteiger charge is -2.28. The van der Waals surface area contributed by atoms with Gasteiger partial charge in [0.1, 0.15) is 0 Å². The molecule has 0 radical (unpaired) electrons. The van der Waals surface area contributed by atoms with Crippen LogP contribution < -0.4 is 5.32 Å². The number of carbonyl (C=O) groups is 1. The van der Waals surface area contributed by atoms with Crippen LogP contribution in [0, 0.1) is 0 Å². The van der Waals surface area contributed by atoms with Crippen LogP contribution in [-0.4, -0.2) is 23.7 Å². The lowest BCUT2D eigenvalue weighted by Crippen LogP contribution is -2.50. The lowest BCUT2D eigenvalue weighted by molar-refractivity contribution is -0.122. The molecule has 0 aliphatic heterocycles. The van der Waals surface area contributed by atoms with Crippen LogP contribution in [0.3, 0.4) is 0 Å². The van der Waals surface area contributed by atoms with Crippen molar-refractivity contribution in [2.75, 3.05) is 12.4 Å². The van der Waals surface area contributed by atoms with Crippen LogP contribution in [0.5, 0.6) is 0 Å². The molecule has 0 saturated carbocycles. The summed E-state index contributed by atoms with van der Waals surface area (Å²) in [5.74, 6) is 0.206. The summed E-state index contributed by atoms with van der Waals surface area (Å²) in [5.41, 5.74) is -0.410. The number of unbranched alkanes of at least 4 members (excludes halogenated alkanes) is 1. The van der Waals surface area contributed by atoms with E-state index in [2.05, 4.69) is 12.2 Å². The van der Waals surface area contributed by atoms with Crippen molar-refractivity contribution in [2.24, 2.45) is 0 Å². The smallest absolute Gasteiger partial charge is 0.167 e. The van der Waals surface area contributed by atoms with Gasteiger partial charge in [-0.2, -0.15) is 0 Å². The number of carbonyl (C=O) groups excluding carboxylic acids is 1. The molecule has 0 aliphatic rings. The maximum atomic E-state index is 11.5. The van der Waals surface area contributed by atoms with Crippen LogP contribution in [0.1, 0.15) is 40.0 Å². The predicted molar refractivity (Wildman–Crippen MR) is 64.6 cm³/mol. The van der Waals surface area contributed by atoms with E-state index in [-0.39, 0.29) is 24.1 Å². The molecule has 0 saturated heterocycles. The third kappa shape index (κ3) is 5.18. The van der Waals surface area contributed by atoms with Crippen molar-refractivity contribution in [3.05, 3.63) is 0 Å². The number of Topliss-reactive ketones (excluding diaryl/α,β-unsaturated/α-hetero) is 1. The summed E-state index contributed by atoms with van der Waals surface area (Å²) in [7, 11) is 0. The van der Waals surface area contributed by atoms with Crippen LogP contribution in [-0.2, 0) is 4.79 Å². The van der Waals surface area contributed by atoms with Crippen molar-refractivity contribution in [3.8, 4) is 0 Å². The van der Waals surface area contributed by atoms with Gasteiger partial charge in [0.25, 0.3) is 0 Å². The van der Waals surface area contributed by atoms with E-state index in [1.54, 1.807) is 0 Å². The molecule has 0 heterocycles. The Morgan fingerprint density at radius 3 is 2.36 bits per heavy atom. The fraction of sp³-hybridized carbons (Fsp3) is 0.900. The number of rotatable bonds is 7. The second-order valence-corrected chi connectivity index (χ2v) is 3.79. The fourth-order valence-electron chi connectivity index (χ4n) is 1.39. The van der Waals surface area contributed by atoms with Crippen molar-refractivity contribution >= 4 is 29.8 Å². The summed E-state index contributed by atoms with van der Waals surface area (Å²) >= 11 is 5.56. The Morgan fingerprint density at radius 2 is 2.00 bits per heavy atom. The average molecular weight is 242 g/mol. The molecule has 0 bridgehead atoms. The molecule has 0 rings (SSSR count). The maximum absolute atomic E-state index is 11.5. The van der Waals surface area contributed by atoms with Crippen LogP contribution in [0.2, 0.25) is 0 Å². The first-order valence-corrected chi connectivity index (χ1v) is 5.48. The Kier molecular flexibility index (Phi) is 10.1.